The van der Waals surface area contributed by atoms with Crippen molar-refractivity contribution in [1.82, 2.24) is 5.32 Å². The number of aliphatic hydroxyl groups is 5. The van der Waals surface area contributed by atoms with Gasteiger partial charge in [0.15, 0.2) is 12.4 Å². The van der Waals surface area contributed by atoms with E-state index >= 15 is 0 Å². The van der Waals surface area contributed by atoms with Crippen molar-refractivity contribution in [3.63, 3.8) is 0 Å². The third kappa shape index (κ3) is 46.9. The second-order valence-electron chi connectivity index (χ2n) is 23.9. The summed E-state index contributed by atoms with van der Waals surface area (Å²) in [6, 6.07) is -1.03. The van der Waals surface area contributed by atoms with Crippen LogP contribution in [0, 0.1) is 0 Å². The average Bonchev–Trinajstić information content (AvgIpc) is 3.69. The van der Waals surface area contributed by atoms with Crippen LogP contribution in [0.15, 0.2) is 72.9 Å². The maximum Gasteiger partial charge on any atom is 0.306 e. The van der Waals surface area contributed by atoms with Crippen molar-refractivity contribution >= 4 is 11.9 Å². The monoisotopic (exact) mass is 1170 g/mol. The molecule has 0 radical (unpaired) electrons. The number of allylic oxidation sites excluding steroid dienone is 11. The Kier molecular flexibility index (Phi) is 55.9. The molecular formula is C72H129NO10. The highest BCUT2D eigenvalue weighted by atomic mass is 16.7. The molecule has 0 aliphatic carbocycles. The van der Waals surface area contributed by atoms with Gasteiger partial charge in [-0.2, -0.15) is 0 Å². The fourth-order valence-corrected chi connectivity index (χ4v) is 10.6. The molecule has 0 spiro atoms. The molecule has 1 amide bonds. The van der Waals surface area contributed by atoms with Crippen molar-refractivity contribution in [1.29, 1.82) is 0 Å². The minimum Gasteiger partial charge on any atom is -0.454 e. The van der Waals surface area contributed by atoms with Gasteiger partial charge in [-0.25, -0.2) is 0 Å². The summed E-state index contributed by atoms with van der Waals surface area (Å²) < 4.78 is 17.7. The number of aliphatic hydroxyl groups excluding tert-OH is 5. The normalized spacial score (nSPS) is 19.0. The first kappa shape index (κ1) is 78.1. The molecule has 8 unspecified atom stereocenters. The van der Waals surface area contributed by atoms with Crippen LogP contribution in [0.3, 0.4) is 0 Å². The molecule has 0 aromatic carbocycles. The van der Waals surface area contributed by atoms with Gasteiger partial charge in [-0.3, -0.25) is 9.59 Å². The number of esters is 1. The van der Waals surface area contributed by atoms with E-state index in [0.717, 1.165) is 96.3 Å². The highest BCUT2D eigenvalue weighted by molar-refractivity contribution is 5.80. The second kappa shape index (κ2) is 59.4. The number of hydrogen-bond donors (Lipinski definition) is 6. The Labute approximate surface area is 509 Å². The lowest BCUT2D eigenvalue weighted by atomic mass is 9.99. The maximum atomic E-state index is 13.5. The molecule has 11 nitrogen and oxygen atoms in total. The first-order valence-electron chi connectivity index (χ1n) is 34.7. The highest BCUT2D eigenvalue weighted by Gasteiger charge is 2.47. The summed E-state index contributed by atoms with van der Waals surface area (Å²) >= 11 is 0. The quantitative estimate of drug-likeness (QED) is 0.0195. The zero-order chi connectivity index (χ0) is 60.3. The van der Waals surface area contributed by atoms with Gasteiger partial charge in [-0.05, 0) is 96.3 Å². The number of nitrogens with one attached hydrogen (secondary N) is 1. The zero-order valence-corrected chi connectivity index (χ0v) is 53.6. The van der Waals surface area contributed by atoms with E-state index in [1.54, 1.807) is 6.08 Å². The van der Waals surface area contributed by atoms with Crippen molar-refractivity contribution in [2.24, 2.45) is 0 Å². The molecule has 83 heavy (non-hydrogen) atoms. The molecule has 0 saturated carbocycles. The molecule has 1 saturated heterocycles. The topological polar surface area (TPSA) is 175 Å². The summed E-state index contributed by atoms with van der Waals surface area (Å²) in [6.45, 7) is 5.75. The fourth-order valence-electron chi connectivity index (χ4n) is 10.6. The van der Waals surface area contributed by atoms with Gasteiger partial charge in [-0.1, -0.05) is 280 Å². The van der Waals surface area contributed by atoms with Crippen LogP contribution in [0.25, 0.3) is 0 Å². The summed E-state index contributed by atoms with van der Waals surface area (Å²) in [4.78, 5) is 26.6. The molecule has 1 aliphatic heterocycles. The Balaban J connectivity index is 2.58. The molecular weight excluding hydrogens is 1040 g/mol. The highest BCUT2D eigenvalue weighted by Crippen LogP contribution is 2.26. The minimum absolute atomic E-state index is 0.108. The predicted molar refractivity (Wildman–Crippen MR) is 347 cm³/mol. The van der Waals surface area contributed by atoms with E-state index in [1.165, 1.54) is 167 Å². The van der Waals surface area contributed by atoms with Crippen molar-refractivity contribution in [2.45, 2.75) is 359 Å². The summed E-state index contributed by atoms with van der Waals surface area (Å²) in [6.07, 6.45) is 66.5. The van der Waals surface area contributed by atoms with Gasteiger partial charge < -0.3 is 45.1 Å². The second-order valence-corrected chi connectivity index (χ2v) is 23.9. The molecule has 1 heterocycles. The molecule has 0 bridgehead atoms. The van der Waals surface area contributed by atoms with E-state index in [9.17, 15) is 35.1 Å². The van der Waals surface area contributed by atoms with E-state index in [4.69, 9.17) is 14.2 Å². The Morgan fingerprint density at radius 1 is 0.470 bits per heavy atom. The number of carbonyl (C=O) groups is 2. The molecule has 11 heteroatoms. The molecule has 482 valence electrons. The average molecular weight is 1170 g/mol. The lowest BCUT2D eigenvalue weighted by Crippen LogP contribution is -2.61. The Bertz CT molecular complexity index is 1630. The van der Waals surface area contributed by atoms with Gasteiger partial charge in [0, 0.05) is 6.42 Å². The first-order valence-corrected chi connectivity index (χ1v) is 34.7. The number of hydrogen-bond acceptors (Lipinski definition) is 10. The van der Waals surface area contributed by atoms with Crippen molar-refractivity contribution < 1.29 is 49.3 Å². The fraction of sp³-hybridized carbons (Fsp3) is 0.806. The third-order valence-electron chi connectivity index (χ3n) is 16.1. The Morgan fingerprint density at radius 2 is 0.831 bits per heavy atom. The molecule has 1 fully saturated rings. The maximum absolute atomic E-state index is 13.5. The van der Waals surface area contributed by atoms with Crippen LogP contribution in [-0.4, -0.2) is 99.6 Å². The first-order chi connectivity index (χ1) is 40.7. The van der Waals surface area contributed by atoms with Crippen molar-refractivity contribution in [3.05, 3.63) is 72.9 Å². The zero-order valence-electron chi connectivity index (χ0n) is 53.6. The van der Waals surface area contributed by atoms with E-state index in [1.807, 2.05) is 6.08 Å². The van der Waals surface area contributed by atoms with Crippen LogP contribution in [0.1, 0.15) is 310 Å². The van der Waals surface area contributed by atoms with Gasteiger partial charge in [0.05, 0.1) is 25.4 Å². The number of carbonyl (C=O) groups excluding carboxylic acids is 2. The number of rotatable bonds is 59. The van der Waals surface area contributed by atoms with Gasteiger partial charge in [0.1, 0.15) is 24.4 Å². The van der Waals surface area contributed by atoms with Crippen LogP contribution in [0.4, 0.5) is 0 Å². The molecule has 1 rings (SSSR count). The van der Waals surface area contributed by atoms with Crippen LogP contribution in [-0.2, 0) is 23.8 Å². The Hall–Kier alpha value is -2.90. The van der Waals surface area contributed by atoms with Crippen LogP contribution >= 0.6 is 0 Å². The lowest BCUT2D eigenvalue weighted by Gasteiger charge is -2.41. The van der Waals surface area contributed by atoms with E-state index in [0.29, 0.717) is 12.8 Å². The van der Waals surface area contributed by atoms with E-state index < -0.39 is 67.4 Å². The smallest absolute Gasteiger partial charge is 0.306 e. The standard InChI is InChI=1S/C72H129NO10/c1-4-7-10-13-16-19-22-24-26-28-30-31-32-33-34-36-37-39-41-44-47-50-53-56-59-65(76)71(80)73-63(64(75)58-55-52-49-46-43-21-18-15-12-9-6-3)62-81-72-70(69(79)68(78)66(61-74)82-72)83-67(77)60-57-54-51-48-45-42-40-38-35-29-27-25-23-20-17-14-11-8-5-2/h16-17,19-20,24-27,35,38,55,58,63-66,68-70,72,74-76,78-79H,4-15,18,21-23,28-34,36-37,39-54,56-57,59-62H2,1-3H3,(H,73,80)/b19-16-,20-17-,26-24-,27-25-,38-35-,58-55+. The van der Waals surface area contributed by atoms with Gasteiger partial charge in [0.2, 0.25) is 5.91 Å². The number of unbranched alkanes of at least 4 members (excludes halogenated alkanes) is 35. The summed E-state index contributed by atoms with van der Waals surface area (Å²) in [5.74, 6) is -1.20. The largest absolute Gasteiger partial charge is 0.454 e. The molecule has 8 atom stereocenters. The molecule has 0 aromatic rings. The van der Waals surface area contributed by atoms with Gasteiger partial charge >= 0.3 is 5.97 Å². The number of ether oxygens (including phenoxy) is 3. The minimum atomic E-state index is -1.62. The van der Waals surface area contributed by atoms with Crippen LogP contribution in [0.5, 0.6) is 0 Å². The Morgan fingerprint density at radius 3 is 1.27 bits per heavy atom. The van der Waals surface area contributed by atoms with E-state index in [2.05, 4.69) is 86.8 Å². The molecule has 0 aromatic heterocycles. The molecule has 1 aliphatic rings. The van der Waals surface area contributed by atoms with Crippen molar-refractivity contribution in [3.8, 4) is 0 Å². The summed E-state index contributed by atoms with van der Waals surface area (Å²) in [5, 5.41) is 57.2. The van der Waals surface area contributed by atoms with Crippen molar-refractivity contribution in [2.75, 3.05) is 13.2 Å². The third-order valence-corrected chi connectivity index (χ3v) is 16.1. The van der Waals surface area contributed by atoms with Crippen LogP contribution < -0.4 is 5.32 Å². The predicted octanol–water partition coefficient (Wildman–Crippen LogP) is 17.5. The van der Waals surface area contributed by atoms with Gasteiger partial charge in [0.25, 0.3) is 0 Å². The lowest BCUT2D eigenvalue weighted by molar-refractivity contribution is -0.305. The van der Waals surface area contributed by atoms with Crippen LogP contribution in [0.2, 0.25) is 0 Å². The number of amides is 1. The van der Waals surface area contributed by atoms with E-state index in [-0.39, 0.29) is 19.4 Å². The van der Waals surface area contributed by atoms with Gasteiger partial charge in [-0.15, -0.1) is 0 Å². The SMILES string of the molecule is CCCCC/C=C\C/C=C\C/C=C\CCCCCCCCC(=O)OC1C(OCC(NC(=O)C(O)CCCCCCCCCCCCCCCC/C=C\C/C=C\CCCCC)C(O)/C=C/CCCCCCCCCCC)OC(CO)C(O)C1O. The molecule has 6 N–H and O–H groups in total. The summed E-state index contributed by atoms with van der Waals surface area (Å²) in [5.41, 5.74) is 0. The summed E-state index contributed by atoms with van der Waals surface area (Å²) in [7, 11) is 0.